The number of carbonyl (C=O) groups excluding carboxylic acids is 2. The Labute approximate surface area is 143 Å². The molecule has 1 atom stereocenters. The third-order valence-corrected chi connectivity index (χ3v) is 4.38. The maximum atomic E-state index is 12.5. The molecule has 3 N–H and O–H groups in total. The van der Waals surface area contributed by atoms with Crippen molar-refractivity contribution < 1.29 is 9.59 Å². The van der Waals surface area contributed by atoms with Crippen LogP contribution in [0.3, 0.4) is 0 Å². The number of aromatic amines is 1. The molecule has 0 radical (unpaired) electrons. The number of aromatic nitrogens is 1. The molecule has 0 bridgehead atoms. The Morgan fingerprint density at radius 1 is 1.17 bits per heavy atom. The molecule has 3 aromatic rings. The first kappa shape index (κ1) is 14.8. The summed E-state index contributed by atoms with van der Waals surface area (Å²) in [6, 6.07) is 14.1. The maximum absolute atomic E-state index is 12.5. The van der Waals surface area contributed by atoms with Gasteiger partial charge < -0.3 is 15.6 Å². The first-order valence-electron chi connectivity index (χ1n) is 7.58. The minimum absolute atomic E-state index is 0.207. The van der Waals surface area contributed by atoms with Gasteiger partial charge in [0.25, 0.3) is 5.91 Å². The summed E-state index contributed by atoms with van der Waals surface area (Å²) in [5, 5.41) is 7.07. The zero-order valence-corrected chi connectivity index (χ0v) is 13.4. The number of amides is 2. The van der Waals surface area contributed by atoms with Gasteiger partial charge in [0, 0.05) is 28.0 Å². The Bertz CT molecular complexity index is 964. The van der Waals surface area contributed by atoms with E-state index in [2.05, 4.69) is 15.6 Å². The van der Waals surface area contributed by atoms with E-state index in [-0.39, 0.29) is 11.8 Å². The molecule has 6 heteroatoms. The third-order valence-electron chi connectivity index (χ3n) is 4.15. The lowest BCUT2D eigenvalue weighted by Crippen LogP contribution is -2.47. The number of nitrogens with one attached hydrogen (secondary N) is 3. The van der Waals surface area contributed by atoms with Crippen molar-refractivity contribution in [2.45, 2.75) is 12.5 Å². The topological polar surface area (TPSA) is 74.0 Å². The molecule has 120 valence electrons. The molecule has 1 aliphatic rings. The van der Waals surface area contributed by atoms with E-state index in [1.807, 2.05) is 30.3 Å². The Kier molecular flexibility index (Phi) is 3.50. The number of halogens is 1. The van der Waals surface area contributed by atoms with Gasteiger partial charge in [-0.05, 0) is 35.9 Å². The second-order valence-electron chi connectivity index (χ2n) is 5.79. The number of hydrogen-bond donors (Lipinski definition) is 3. The number of hydrogen-bond acceptors (Lipinski definition) is 2. The molecule has 2 amide bonds. The monoisotopic (exact) mass is 339 g/mol. The minimum atomic E-state index is -0.595. The molecule has 24 heavy (non-hydrogen) atoms. The summed E-state index contributed by atoms with van der Waals surface area (Å²) in [6.07, 6.45) is 0.472. The summed E-state index contributed by atoms with van der Waals surface area (Å²) in [7, 11) is 0. The highest BCUT2D eigenvalue weighted by atomic mass is 35.5. The van der Waals surface area contributed by atoms with Crippen LogP contribution in [0.1, 0.15) is 16.1 Å². The van der Waals surface area contributed by atoms with E-state index in [1.54, 1.807) is 18.2 Å². The van der Waals surface area contributed by atoms with Crippen LogP contribution in [0, 0.1) is 0 Å². The van der Waals surface area contributed by atoms with Gasteiger partial charge in [-0.15, -0.1) is 0 Å². The molecule has 2 heterocycles. The van der Waals surface area contributed by atoms with Crippen molar-refractivity contribution in [1.82, 2.24) is 10.3 Å². The molecule has 4 rings (SSSR count). The molecule has 0 saturated carbocycles. The second-order valence-corrected chi connectivity index (χ2v) is 6.23. The predicted molar refractivity (Wildman–Crippen MR) is 93.3 cm³/mol. The van der Waals surface area contributed by atoms with Gasteiger partial charge in [0.05, 0.1) is 0 Å². The van der Waals surface area contributed by atoms with E-state index < -0.39 is 6.04 Å². The molecule has 1 aromatic heterocycles. The van der Waals surface area contributed by atoms with Crippen molar-refractivity contribution in [1.29, 1.82) is 0 Å². The van der Waals surface area contributed by atoms with Crippen molar-refractivity contribution in [2.75, 3.05) is 5.32 Å². The van der Waals surface area contributed by atoms with Crippen LogP contribution in [0.25, 0.3) is 10.9 Å². The van der Waals surface area contributed by atoms with Gasteiger partial charge in [0.1, 0.15) is 11.7 Å². The van der Waals surface area contributed by atoms with Crippen molar-refractivity contribution in [2.24, 2.45) is 0 Å². The first-order valence-corrected chi connectivity index (χ1v) is 7.96. The fraction of sp³-hybridized carbons (Fsp3) is 0.111. The van der Waals surface area contributed by atoms with Crippen molar-refractivity contribution >= 4 is 40.0 Å². The van der Waals surface area contributed by atoms with Gasteiger partial charge >= 0.3 is 0 Å². The molecular formula is C18H14ClN3O2. The van der Waals surface area contributed by atoms with Crippen LogP contribution in [-0.4, -0.2) is 22.8 Å². The maximum Gasteiger partial charge on any atom is 0.268 e. The Balaban J connectivity index is 1.56. The van der Waals surface area contributed by atoms with E-state index in [0.717, 1.165) is 22.2 Å². The van der Waals surface area contributed by atoms with Crippen LogP contribution in [0.4, 0.5) is 5.69 Å². The van der Waals surface area contributed by atoms with E-state index in [1.165, 1.54) is 0 Å². The number of benzene rings is 2. The molecule has 2 aromatic carbocycles. The molecule has 1 aliphatic heterocycles. The first-order chi connectivity index (χ1) is 11.6. The zero-order chi connectivity index (χ0) is 16.7. The van der Waals surface area contributed by atoms with Crippen molar-refractivity contribution in [3.8, 4) is 0 Å². The number of rotatable bonds is 2. The van der Waals surface area contributed by atoms with Crippen LogP contribution >= 0.6 is 11.6 Å². The fourth-order valence-electron chi connectivity index (χ4n) is 2.93. The number of carbonyl (C=O) groups is 2. The lowest BCUT2D eigenvalue weighted by Gasteiger charge is -2.25. The lowest BCUT2D eigenvalue weighted by atomic mass is 9.99. The highest BCUT2D eigenvalue weighted by Crippen LogP contribution is 2.23. The smallest absolute Gasteiger partial charge is 0.268 e. The van der Waals surface area contributed by atoms with E-state index in [4.69, 9.17) is 11.6 Å². The molecule has 0 aliphatic carbocycles. The summed E-state index contributed by atoms with van der Waals surface area (Å²) in [5.74, 6) is -0.525. The zero-order valence-electron chi connectivity index (χ0n) is 12.6. The summed E-state index contributed by atoms with van der Waals surface area (Å²) in [4.78, 5) is 27.7. The third kappa shape index (κ3) is 2.63. The highest BCUT2D eigenvalue weighted by Gasteiger charge is 2.27. The predicted octanol–water partition coefficient (Wildman–Crippen LogP) is 3.11. The van der Waals surface area contributed by atoms with E-state index in [0.29, 0.717) is 17.1 Å². The molecule has 0 saturated heterocycles. The Morgan fingerprint density at radius 2 is 2.00 bits per heavy atom. The van der Waals surface area contributed by atoms with E-state index >= 15 is 0 Å². The molecule has 5 nitrogen and oxygen atoms in total. The van der Waals surface area contributed by atoms with Gasteiger partial charge in [0.15, 0.2) is 0 Å². The number of H-pyrrole nitrogens is 1. The van der Waals surface area contributed by atoms with Crippen LogP contribution < -0.4 is 10.6 Å². The quantitative estimate of drug-likeness (QED) is 0.671. The van der Waals surface area contributed by atoms with Gasteiger partial charge in [-0.25, -0.2) is 0 Å². The molecule has 0 fully saturated rings. The van der Waals surface area contributed by atoms with Crippen LogP contribution in [0.5, 0.6) is 0 Å². The summed E-state index contributed by atoms with van der Waals surface area (Å²) in [6.45, 7) is 0. The van der Waals surface area contributed by atoms with Gasteiger partial charge in [-0.2, -0.15) is 0 Å². The molecular weight excluding hydrogens is 326 g/mol. The standard InChI is InChI=1S/C18H14ClN3O2/c19-12-5-6-14-11(7-12)9-15(20-14)17(23)22-16-8-10-3-1-2-4-13(10)21-18(16)24/h1-7,9,16,20H,8H2,(H,21,24)(H,22,23). The summed E-state index contributed by atoms with van der Waals surface area (Å²) < 4.78 is 0. The van der Waals surface area contributed by atoms with Crippen molar-refractivity contribution in [3.05, 3.63) is 64.8 Å². The van der Waals surface area contributed by atoms with Crippen molar-refractivity contribution in [3.63, 3.8) is 0 Å². The van der Waals surface area contributed by atoms with Gasteiger partial charge in [-0.3, -0.25) is 9.59 Å². The number of para-hydroxylation sites is 1. The van der Waals surface area contributed by atoms with Crippen LogP contribution in [0.2, 0.25) is 5.02 Å². The molecule has 0 spiro atoms. The normalized spacial score (nSPS) is 16.5. The highest BCUT2D eigenvalue weighted by molar-refractivity contribution is 6.31. The largest absolute Gasteiger partial charge is 0.351 e. The average Bonchev–Trinajstić information content (AvgIpc) is 2.98. The number of anilines is 1. The van der Waals surface area contributed by atoms with Gasteiger partial charge in [-0.1, -0.05) is 29.8 Å². The Morgan fingerprint density at radius 3 is 2.88 bits per heavy atom. The molecule has 1 unspecified atom stereocenters. The lowest BCUT2D eigenvalue weighted by molar-refractivity contribution is -0.118. The number of fused-ring (bicyclic) bond motifs is 2. The fourth-order valence-corrected chi connectivity index (χ4v) is 3.11. The summed E-state index contributed by atoms with van der Waals surface area (Å²) >= 11 is 5.96. The Hall–Kier alpha value is -2.79. The summed E-state index contributed by atoms with van der Waals surface area (Å²) in [5.41, 5.74) is 3.03. The average molecular weight is 340 g/mol. The second kappa shape index (κ2) is 5.69. The van der Waals surface area contributed by atoms with Crippen LogP contribution in [-0.2, 0) is 11.2 Å². The van der Waals surface area contributed by atoms with Crippen LogP contribution in [0.15, 0.2) is 48.5 Å². The SMILES string of the molecule is O=C(NC1Cc2ccccc2NC1=O)c1cc2cc(Cl)ccc2[nH]1. The van der Waals surface area contributed by atoms with Gasteiger partial charge in [0.2, 0.25) is 5.91 Å². The minimum Gasteiger partial charge on any atom is -0.351 e. The van der Waals surface area contributed by atoms with E-state index in [9.17, 15) is 9.59 Å².